The molecule has 32 heavy (non-hydrogen) atoms. The summed E-state index contributed by atoms with van der Waals surface area (Å²) in [5, 5.41) is 11.5. The second kappa shape index (κ2) is 8.03. The molecule has 0 bridgehead atoms. The van der Waals surface area contributed by atoms with Gasteiger partial charge in [0.25, 0.3) is 0 Å². The van der Waals surface area contributed by atoms with Gasteiger partial charge in [0.1, 0.15) is 18.3 Å². The monoisotopic (exact) mass is 450 g/mol. The molecule has 0 aromatic heterocycles. The first-order valence-corrected chi connectivity index (χ1v) is 10.5. The Morgan fingerprint density at radius 1 is 1.09 bits per heavy atom. The standard InChI is InChI=1S/C23H30O9/c1-10(2)20(26)31-16-15-11(3)21(27)32-17(15)19(30-13(5)25)23(7)14(29-12(4)24)8-9-22(6,28)18(16)23/h14-19,28H,1,3,8-9H2,2,4-7H3/t14-,15-,16-,17-,18?,19-,22-,23+/m1/s1. The topological polar surface area (TPSA) is 125 Å². The van der Waals surface area contributed by atoms with Crippen LogP contribution in [-0.4, -0.2) is 59.0 Å². The van der Waals surface area contributed by atoms with Crippen LogP contribution in [0.15, 0.2) is 24.3 Å². The normalized spacial score (nSPS) is 40.4. The smallest absolute Gasteiger partial charge is 0.334 e. The summed E-state index contributed by atoms with van der Waals surface area (Å²) in [7, 11) is 0. The van der Waals surface area contributed by atoms with Crippen molar-refractivity contribution in [3.63, 3.8) is 0 Å². The molecule has 8 atom stereocenters. The summed E-state index contributed by atoms with van der Waals surface area (Å²) in [5.41, 5.74) is -2.47. The molecule has 2 saturated carbocycles. The molecule has 1 aliphatic heterocycles. The number of aliphatic hydroxyl groups is 1. The zero-order valence-electron chi connectivity index (χ0n) is 19.0. The predicted octanol–water partition coefficient (Wildman–Crippen LogP) is 1.62. The van der Waals surface area contributed by atoms with Crippen molar-refractivity contribution in [1.82, 2.24) is 0 Å². The lowest BCUT2D eigenvalue weighted by Gasteiger charge is -2.61. The molecule has 1 saturated heterocycles. The fraction of sp³-hybridized carbons (Fsp3) is 0.652. The van der Waals surface area contributed by atoms with Crippen molar-refractivity contribution in [2.24, 2.45) is 17.3 Å². The molecule has 0 spiro atoms. The molecule has 3 fully saturated rings. The maximum absolute atomic E-state index is 12.6. The molecule has 3 aliphatic rings. The summed E-state index contributed by atoms with van der Waals surface area (Å²) in [6.07, 6.45) is -3.48. The average molecular weight is 450 g/mol. The third-order valence-electron chi connectivity index (χ3n) is 6.99. The third kappa shape index (κ3) is 3.72. The highest BCUT2D eigenvalue weighted by molar-refractivity contribution is 5.92. The Labute approximate surface area is 186 Å². The van der Waals surface area contributed by atoms with Crippen LogP contribution in [0.3, 0.4) is 0 Å². The van der Waals surface area contributed by atoms with Crippen molar-refractivity contribution >= 4 is 23.9 Å². The third-order valence-corrected chi connectivity index (χ3v) is 6.99. The molecule has 0 amide bonds. The minimum Gasteiger partial charge on any atom is -0.462 e. The highest BCUT2D eigenvalue weighted by atomic mass is 16.6. The summed E-state index contributed by atoms with van der Waals surface area (Å²) in [4.78, 5) is 49.0. The molecule has 2 aliphatic carbocycles. The van der Waals surface area contributed by atoms with E-state index in [2.05, 4.69) is 13.2 Å². The molecular weight excluding hydrogens is 420 g/mol. The van der Waals surface area contributed by atoms with Crippen molar-refractivity contribution in [1.29, 1.82) is 0 Å². The molecule has 0 radical (unpaired) electrons. The van der Waals surface area contributed by atoms with Crippen LogP contribution in [0, 0.1) is 17.3 Å². The number of carbonyl (C=O) groups excluding carboxylic acids is 4. The number of ether oxygens (including phenoxy) is 4. The Balaban J connectivity index is 2.24. The number of esters is 4. The van der Waals surface area contributed by atoms with Crippen LogP contribution in [0.2, 0.25) is 0 Å². The largest absolute Gasteiger partial charge is 0.462 e. The van der Waals surface area contributed by atoms with E-state index in [0.717, 1.165) is 0 Å². The summed E-state index contributed by atoms with van der Waals surface area (Å²) >= 11 is 0. The van der Waals surface area contributed by atoms with Gasteiger partial charge >= 0.3 is 23.9 Å². The first-order valence-electron chi connectivity index (χ1n) is 10.5. The summed E-state index contributed by atoms with van der Waals surface area (Å²) in [6, 6.07) is 0. The van der Waals surface area contributed by atoms with Gasteiger partial charge in [-0.2, -0.15) is 0 Å². The minimum atomic E-state index is -1.42. The van der Waals surface area contributed by atoms with Crippen molar-refractivity contribution in [3.8, 4) is 0 Å². The van der Waals surface area contributed by atoms with Gasteiger partial charge in [-0.05, 0) is 26.7 Å². The van der Waals surface area contributed by atoms with E-state index in [1.165, 1.54) is 20.8 Å². The van der Waals surface area contributed by atoms with Crippen LogP contribution in [0.25, 0.3) is 0 Å². The molecule has 0 aromatic carbocycles. The van der Waals surface area contributed by atoms with Crippen LogP contribution in [0.4, 0.5) is 0 Å². The minimum absolute atomic E-state index is 0.0547. The molecule has 9 heteroatoms. The Bertz CT molecular complexity index is 888. The van der Waals surface area contributed by atoms with E-state index < -0.39 is 71.1 Å². The Kier molecular flexibility index (Phi) is 6.01. The van der Waals surface area contributed by atoms with Gasteiger partial charge in [-0.3, -0.25) is 9.59 Å². The van der Waals surface area contributed by atoms with E-state index in [0.29, 0.717) is 0 Å². The molecule has 1 N–H and O–H groups in total. The lowest BCUT2D eigenvalue weighted by molar-refractivity contribution is -0.279. The van der Waals surface area contributed by atoms with Gasteiger partial charge in [0.15, 0.2) is 6.10 Å². The number of carbonyl (C=O) groups is 4. The maximum atomic E-state index is 12.6. The highest BCUT2D eigenvalue weighted by Crippen LogP contribution is 2.60. The van der Waals surface area contributed by atoms with E-state index in [1.54, 1.807) is 13.8 Å². The van der Waals surface area contributed by atoms with Crippen LogP contribution in [-0.2, 0) is 38.1 Å². The molecular formula is C23H30O9. The van der Waals surface area contributed by atoms with Crippen molar-refractivity contribution in [2.75, 3.05) is 0 Å². The van der Waals surface area contributed by atoms with Gasteiger partial charge in [0, 0.05) is 30.9 Å². The Morgan fingerprint density at radius 2 is 1.69 bits per heavy atom. The number of hydrogen-bond acceptors (Lipinski definition) is 9. The van der Waals surface area contributed by atoms with Crippen molar-refractivity contribution in [2.45, 2.75) is 77.5 Å². The highest BCUT2D eigenvalue weighted by Gasteiger charge is 2.72. The lowest BCUT2D eigenvalue weighted by Crippen LogP contribution is -2.72. The van der Waals surface area contributed by atoms with E-state index in [9.17, 15) is 24.3 Å². The van der Waals surface area contributed by atoms with Crippen LogP contribution in [0.5, 0.6) is 0 Å². The molecule has 1 heterocycles. The molecule has 1 unspecified atom stereocenters. The van der Waals surface area contributed by atoms with Crippen LogP contribution < -0.4 is 0 Å². The summed E-state index contributed by atoms with van der Waals surface area (Å²) in [6.45, 7) is 14.7. The predicted molar refractivity (Wildman–Crippen MR) is 110 cm³/mol. The van der Waals surface area contributed by atoms with Crippen molar-refractivity contribution < 1.29 is 43.2 Å². The van der Waals surface area contributed by atoms with E-state index in [1.807, 2.05) is 0 Å². The maximum Gasteiger partial charge on any atom is 0.334 e. The zero-order chi connectivity index (χ0) is 24.2. The van der Waals surface area contributed by atoms with Gasteiger partial charge in [-0.25, -0.2) is 9.59 Å². The van der Waals surface area contributed by atoms with E-state index in [-0.39, 0.29) is 24.0 Å². The Morgan fingerprint density at radius 3 is 2.22 bits per heavy atom. The SMILES string of the molecule is C=C(C)C(=O)O[C@H]1C2[C@@](C)([C@H](OC(C)=O)[C@@H]3OC(=O)C(=C)[C@@H]31)[C@H](OC(C)=O)CC[C@@]2(C)O. The van der Waals surface area contributed by atoms with E-state index in [4.69, 9.17) is 18.9 Å². The quantitative estimate of drug-likeness (QED) is 0.386. The number of hydrogen-bond donors (Lipinski definition) is 1. The fourth-order valence-electron chi connectivity index (χ4n) is 5.76. The van der Waals surface area contributed by atoms with Gasteiger partial charge in [0.2, 0.25) is 0 Å². The number of rotatable bonds is 4. The van der Waals surface area contributed by atoms with E-state index >= 15 is 0 Å². The van der Waals surface area contributed by atoms with Gasteiger partial charge in [-0.15, -0.1) is 0 Å². The number of fused-ring (bicyclic) bond motifs is 2. The van der Waals surface area contributed by atoms with Gasteiger partial charge < -0.3 is 24.1 Å². The molecule has 176 valence electrons. The second-order valence-electron chi connectivity index (χ2n) is 9.44. The average Bonchev–Trinajstić information content (AvgIpc) is 2.94. The molecule has 0 aromatic rings. The zero-order valence-corrected chi connectivity index (χ0v) is 19.0. The molecule has 9 nitrogen and oxygen atoms in total. The molecule has 3 rings (SSSR count). The van der Waals surface area contributed by atoms with Crippen LogP contribution >= 0.6 is 0 Å². The van der Waals surface area contributed by atoms with Crippen molar-refractivity contribution in [3.05, 3.63) is 24.3 Å². The summed E-state index contributed by atoms with van der Waals surface area (Å²) in [5.74, 6) is -4.35. The van der Waals surface area contributed by atoms with Gasteiger partial charge in [-0.1, -0.05) is 20.1 Å². The van der Waals surface area contributed by atoms with Crippen LogP contribution in [0.1, 0.15) is 47.5 Å². The summed E-state index contributed by atoms with van der Waals surface area (Å²) < 4.78 is 22.6. The first kappa shape index (κ1) is 24.0. The Hall–Kier alpha value is -2.68. The van der Waals surface area contributed by atoms with Gasteiger partial charge in [0.05, 0.1) is 16.9 Å². The second-order valence-corrected chi connectivity index (χ2v) is 9.44. The fourth-order valence-corrected chi connectivity index (χ4v) is 5.76. The lowest BCUT2D eigenvalue weighted by atomic mass is 9.49. The first-order chi connectivity index (χ1) is 14.7.